The van der Waals surface area contributed by atoms with E-state index < -0.39 is 6.10 Å². The first kappa shape index (κ1) is 18.5. The van der Waals surface area contributed by atoms with Crippen LogP contribution in [-0.2, 0) is 6.54 Å². The summed E-state index contributed by atoms with van der Waals surface area (Å²) in [5.41, 5.74) is 3.88. The Morgan fingerprint density at radius 1 is 1.04 bits per heavy atom. The Bertz CT molecular complexity index is 625. The summed E-state index contributed by atoms with van der Waals surface area (Å²) < 4.78 is 5.66. The molecule has 0 aromatic heterocycles. The summed E-state index contributed by atoms with van der Waals surface area (Å²) in [5, 5.41) is 10.4. The fourth-order valence-corrected chi connectivity index (χ4v) is 2.68. The maximum Gasteiger partial charge on any atom is 0.119 e. The number of rotatable bonds is 8. The molecule has 0 bridgehead atoms. The Labute approximate surface area is 145 Å². The molecule has 0 heterocycles. The number of hydrogen-bond acceptors (Lipinski definition) is 3. The van der Waals surface area contributed by atoms with E-state index in [0.29, 0.717) is 19.2 Å². The second kappa shape index (κ2) is 8.86. The van der Waals surface area contributed by atoms with Crippen molar-refractivity contribution in [2.45, 2.75) is 46.4 Å². The topological polar surface area (TPSA) is 32.7 Å². The summed E-state index contributed by atoms with van der Waals surface area (Å²) >= 11 is 0. The fourth-order valence-electron chi connectivity index (χ4n) is 2.68. The zero-order valence-electron chi connectivity index (χ0n) is 15.2. The molecule has 2 aromatic rings. The molecule has 0 saturated heterocycles. The van der Waals surface area contributed by atoms with E-state index >= 15 is 0 Å². The lowest BCUT2D eigenvalue weighted by atomic mass is 10.0. The van der Waals surface area contributed by atoms with Gasteiger partial charge >= 0.3 is 0 Å². The van der Waals surface area contributed by atoms with Crippen molar-refractivity contribution in [1.29, 1.82) is 0 Å². The minimum atomic E-state index is -0.516. The standard InChI is InChI=1S/C21H29NO2/c1-16(2)22(13-19-12-17(3)10-11-18(19)4)14-20(23)15-24-21-8-6-5-7-9-21/h5-12,16,20,23H,13-15H2,1-4H3/t20-/m0/s1. The number of nitrogens with zero attached hydrogens (tertiary/aromatic N) is 1. The van der Waals surface area contributed by atoms with Gasteiger partial charge in [-0.3, -0.25) is 4.90 Å². The minimum Gasteiger partial charge on any atom is -0.491 e. The van der Waals surface area contributed by atoms with Crippen molar-refractivity contribution in [2.75, 3.05) is 13.2 Å². The van der Waals surface area contributed by atoms with Gasteiger partial charge in [0.15, 0.2) is 0 Å². The van der Waals surface area contributed by atoms with Crippen molar-refractivity contribution in [1.82, 2.24) is 4.90 Å². The normalized spacial score (nSPS) is 12.6. The van der Waals surface area contributed by atoms with E-state index in [1.807, 2.05) is 30.3 Å². The molecule has 130 valence electrons. The van der Waals surface area contributed by atoms with Crippen LogP contribution in [0, 0.1) is 13.8 Å². The molecule has 0 radical (unpaired) electrons. The molecule has 0 fully saturated rings. The van der Waals surface area contributed by atoms with Gasteiger partial charge in [-0.25, -0.2) is 0 Å². The molecule has 2 rings (SSSR count). The molecule has 24 heavy (non-hydrogen) atoms. The van der Waals surface area contributed by atoms with Crippen LogP contribution in [0.1, 0.15) is 30.5 Å². The monoisotopic (exact) mass is 327 g/mol. The van der Waals surface area contributed by atoms with Gasteiger partial charge in [-0.15, -0.1) is 0 Å². The molecule has 0 saturated carbocycles. The van der Waals surface area contributed by atoms with Gasteiger partial charge in [0.25, 0.3) is 0 Å². The maximum atomic E-state index is 10.4. The second-order valence-corrected chi connectivity index (χ2v) is 6.73. The highest BCUT2D eigenvalue weighted by Crippen LogP contribution is 2.16. The van der Waals surface area contributed by atoms with E-state index in [-0.39, 0.29) is 0 Å². The van der Waals surface area contributed by atoms with E-state index in [4.69, 9.17) is 4.74 Å². The largest absolute Gasteiger partial charge is 0.491 e. The van der Waals surface area contributed by atoms with Gasteiger partial charge < -0.3 is 9.84 Å². The lowest BCUT2D eigenvalue weighted by molar-refractivity contribution is 0.0542. The Morgan fingerprint density at radius 3 is 2.42 bits per heavy atom. The highest BCUT2D eigenvalue weighted by atomic mass is 16.5. The third-order valence-electron chi connectivity index (χ3n) is 4.24. The van der Waals surface area contributed by atoms with Crippen molar-refractivity contribution < 1.29 is 9.84 Å². The summed E-state index contributed by atoms with van der Waals surface area (Å²) in [4.78, 5) is 2.29. The quantitative estimate of drug-likeness (QED) is 0.797. The molecule has 0 unspecified atom stereocenters. The summed E-state index contributed by atoms with van der Waals surface area (Å²) in [7, 11) is 0. The third-order valence-corrected chi connectivity index (χ3v) is 4.24. The van der Waals surface area contributed by atoms with Crippen LogP contribution in [0.4, 0.5) is 0 Å². The van der Waals surface area contributed by atoms with Gasteiger partial charge in [0.05, 0.1) is 0 Å². The van der Waals surface area contributed by atoms with Crippen molar-refractivity contribution in [2.24, 2.45) is 0 Å². The number of aliphatic hydroxyl groups is 1. The molecule has 0 amide bonds. The molecule has 0 aliphatic rings. The van der Waals surface area contributed by atoms with Crippen LogP contribution < -0.4 is 4.74 Å². The van der Waals surface area contributed by atoms with Gasteiger partial charge in [0.2, 0.25) is 0 Å². The highest BCUT2D eigenvalue weighted by molar-refractivity contribution is 5.30. The van der Waals surface area contributed by atoms with E-state index in [1.165, 1.54) is 16.7 Å². The van der Waals surface area contributed by atoms with Gasteiger partial charge in [0, 0.05) is 19.1 Å². The zero-order valence-corrected chi connectivity index (χ0v) is 15.2. The molecule has 2 aromatic carbocycles. The van der Waals surface area contributed by atoms with Crippen LogP contribution in [-0.4, -0.2) is 35.3 Å². The Hall–Kier alpha value is -1.84. The van der Waals surface area contributed by atoms with E-state index in [9.17, 15) is 5.11 Å². The Kier molecular flexibility index (Phi) is 6.83. The van der Waals surface area contributed by atoms with Crippen molar-refractivity contribution in [3.05, 3.63) is 65.2 Å². The van der Waals surface area contributed by atoms with Crippen molar-refractivity contribution >= 4 is 0 Å². The van der Waals surface area contributed by atoms with E-state index in [0.717, 1.165) is 12.3 Å². The summed E-state index contributed by atoms with van der Waals surface area (Å²) in [5.74, 6) is 0.794. The van der Waals surface area contributed by atoms with Crippen molar-refractivity contribution in [3.8, 4) is 5.75 Å². The van der Waals surface area contributed by atoms with Crippen LogP contribution >= 0.6 is 0 Å². The predicted octanol–water partition coefficient (Wildman–Crippen LogP) is 3.95. The number of para-hydroxylation sites is 1. The molecule has 3 heteroatoms. The summed E-state index contributed by atoms with van der Waals surface area (Å²) in [6.07, 6.45) is -0.516. The SMILES string of the molecule is Cc1ccc(C)c(CN(C[C@H](O)COc2ccccc2)C(C)C)c1. The molecular formula is C21H29NO2. The molecule has 0 spiro atoms. The summed E-state index contributed by atoms with van der Waals surface area (Å²) in [6.45, 7) is 10.3. The Balaban J connectivity index is 1.94. The number of aliphatic hydroxyl groups excluding tert-OH is 1. The van der Waals surface area contributed by atoms with Gasteiger partial charge in [-0.2, -0.15) is 0 Å². The van der Waals surface area contributed by atoms with Crippen LogP contribution in [0.2, 0.25) is 0 Å². The lowest BCUT2D eigenvalue weighted by Gasteiger charge is -2.29. The highest BCUT2D eigenvalue weighted by Gasteiger charge is 2.16. The average molecular weight is 327 g/mol. The molecule has 0 aliphatic heterocycles. The second-order valence-electron chi connectivity index (χ2n) is 6.73. The van der Waals surface area contributed by atoms with Crippen LogP contribution in [0.5, 0.6) is 5.75 Å². The van der Waals surface area contributed by atoms with Crippen LogP contribution in [0.15, 0.2) is 48.5 Å². The van der Waals surface area contributed by atoms with E-state index in [2.05, 4.69) is 50.8 Å². The van der Waals surface area contributed by atoms with E-state index in [1.54, 1.807) is 0 Å². The molecule has 1 atom stereocenters. The van der Waals surface area contributed by atoms with Gasteiger partial charge in [-0.05, 0) is 51.0 Å². The van der Waals surface area contributed by atoms with Gasteiger partial charge in [-0.1, -0.05) is 42.0 Å². The summed E-state index contributed by atoms with van der Waals surface area (Å²) in [6, 6.07) is 16.5. The molecular weight excluding hydrogens is 298 g/mol. The van der Waals surface area contributed by atoms with Crippen molar-refractivity contribution in [3.63, 3.8) is 0 Å². The number of ether oxygens (including phenoxy) is 1. The Morgan fingerprint density at radius 2 is 1.75 bits per heavy atom. The lowest BCUT2D eigenvalue weighted by Crippen LogP contribution is -2.39. The first-order chi connectivity index (χ1) is 11.5. The van der Waals surface area contributed by atoms with Crippen LogP contribution in [0.25, 0.3) is 0 Å². The fraction of sp³-hybridized carbons (Fsp3) is 0.429. The van der Waals surface area contributed by atoms with Gasteiger partial charge in [0.1, 0.15) is 18.5 Å². The average Bonchev–Trinajstić information content (AvgIpc) is 2.56. The van der Waals surface area contributed by atoms with Crippen LogP contribution in [0.3, 0.4) is 0 Å². The minimum absolute atomic E-state index is 0.306. The number of aryl methyl sites for hydroxylation is 2. The molecule has 1 N–H and O–H groups in total. The first-order valence-electron chi connectivity index (χ1n) is 8.62. The molecule has 0 aliphatic carbocycles. The predicted molar refractivity (Wildman–Crippen MR) is 99.4 cm³/mol. The smallest absolute Gasteiger partial charge is 0.119 e. The zero-order chi connectivity index (χ0) is 17.5. The number of hydrogen-bond donors (Lipinski definition) is 1. The third kappa shape index (κ3) is 5.66. The maximum absolute atomic E-state index is 10.4. The first-order valence-corrected chi connectivity index (χ1v) is 8.62. The molecule has 3 nitrogen and oxygen atoms in total. The number of benzene rings is 2.